The van der Waals surface area contributed by atoms with Crippen LogP contribution < -0.4 is 20.2 Å². The molecule has 0 saturated heterocycles. The number of nitrogens with one attached hydrogen (secondary N) is 2. The number of unbranched alkanes of at least 4 members (excludes halogenated alkanes) is 1. The molecular weight excluding hydrogens is 386 g/mol. The molecule has 0 radical (unpaired) electrons. The number of amides is 2. The first-order valence-electron chi connectivity index (χ1n) is 9.52. The van der Waals surface area contributed by atoms with E-state index >= 15 is 0 Å². The van der Waals surface area contributed by atoms with Crippen molar-refractivity contribution in [2.24, 2.45) is 5.10 Å². The Balaban J connectivity index is 1.94. The second-order valence-electron chi connectivity index (χ2n) is 6.43. The van der Waals surface area contributed by atoms with E-state index < -0.39 is 11.9 Å². The van der Waals surface area contributed by atoms with Crippen LogP contribution in [0.5, 0.6) is 11.5 Å². The van der Waals surface area contributed by atoms with Gasteiger partial charge in [-0.15, -0.1) is 0 Å². The summed E-state index contributed by atoms with van der Waals surface area (Å²) in [5.74, 6) is -0.217. The van der Waals surface area contributed by atoms with Crippen molar-refractivity contribution in [1.29, 1.82) is 0 Å². The lowest BCUT2D eigenvalue weighted by Gasteiger charge is -2.08. The average molecular weight is 411 g/mol. The fourth-order valence-electron chi connectivity index (χ4n) is 2.50. The fourth-order valence-corrected chi connectivity index (χ4v) is 2.50. The van der Waals surface area contributed by atoms with Crippen LogP contribution in [0.4, 0.5) is 5.69 Å². The zero-order valence-electron chi connectivity index (χ0n) is 17.2. The SMILES string of the molecule is CCCCC(=O)Nc1ccc(C(=O)NN=Cc2ccc(OC(C)=O)c(OC)c2)cc1. The van der Waals surface area contributed by atoms with Crippen LogP contribution in [-0.4, -0.2) is 31.1 Å². The van der Waals surface area contributed by atoms with Crippen molar-refractivity contribution in [1.82, 2.24) is 5.43 Å². The maximum Gasteiger partial charge on any atom is 0.308 e. The first kappa shape index (κ1) is 22.6. The minimum Gasteiger partial charge on any atom is -0.493 e. The molecule has 0 aromatic heterocycles. The quantitative estimate of drug-likeness (QED) is 0.284. The Morgan fingerprint density at radius 3 is 2.43 bits per heavy atom. The Morgan fingerprint density at radius 1 is 1.07 bits per heavy atom. The lowest BCUT2D eigenvalue weighted by atomic mass is 10.2. The van der Waals surface area contributed by atoms with Crippen LogP contribution in [0.3, 0.4) is 0 Å². The molecule has 0 fully saturated rings. The Morgan fingerprint density at radius 2 is 1.80 bits per heavy atom. The van der Waals surface area contributed by atoms with Crippen molar-refractivity contribution in [3.05, 3.63) is 53.6 Å². The van der Waals surface area contributed by atoms with E-state index in [4.69, 9.17) is 9.47 Å². The lowest BCUT2D eigenvalue weighted by molar-refractivity contribution is -0.132. The van der Waals surface area contributed by atoms with Crippen LogP contribution in [0.2, 0.25) is 0 Å². The molecule has 2 amide bonds. The second kappa shape index (κ2) is 11.4. The minimum atomic E-state index is -0.450. The number of hydrazone groups is 1. The van der Waals surface area contributed by atoms with Crippen molar-refractivity contribution < 1.29 is 23.9 Å². The predicted molar refractivity (Wildman–Crippen MR) is 114 cm³/mol. The number of hydrogen-bond acceptors (Lipinski definition) is 6. The van der Waals surface area contributed by atoms with Crippen LogP contribution in [-0.2, 0) is 9.59 Å². The molecule has 8 heteroatoms. The number of ether oxygens (including phenoxy) is 2. The average Bonchev–Trinajstić information content (AvgIpc) is 2.73. The van der Waals surface area contributed by atoms with Gasteiger partial charge in [-0.05, 0) is 54.4 Å². The Hall–Kier alpha value is -3.68. The van der Waals surface area contributed by atoms with Crippen molar-refractivity contribution in [2.75, 3.05) is 12.4 Å². The van der Waals surface area contributed by atoms with Crippen LogP contribution >= 0.6 is 0 Å². The summed E-state index contributed by atoms with van der Waals surface area (Å²) in [6, 6.07) is 11.4. The molecule has 0 atom stereocenters. The van der Waals surface area contributed by atoms with E-state index in [1.54, 1.807) is 42.5 Å². The van der Waals surface area contributed by atoms with Gasteiger partial charge in [0.1, 0.15) is 0 Å². The summed E-state index contributed by atoms with van der Waals surface area (Å²) in [4.78, 5) is 35.0. The van der Waals surface area contributed by atoms with Crippen molar-refractivity contribution in [3.63, 3.8) is 0 Å². The summed E-state index contributed by atoms with van der Waals surface area (Å²) in [5, 5.41) is 6.72. The summed E-state index contributed by atoms with van der Waals surface area (Å²) >= 11 is 0. The van der Waals surface area contributed by atoms with E-state index in [0.717, 1.165) is 12.8 Å². The summed E-state index contributed by atoms with van der Waals surface area (Å²) < 4.78 is 10.2. The van der Waals surface area contributed by atoms with E-state index in [2.05, 4.69) is 15.8 Å². The molecule has 2 N–H and O–H groups in total. The highest BCUT2D eigenvalue weighted by atomic mass is 16.6. The van der Waals surface area contributed by atoms with Gasteiger partial charge >= 0.3 is 5.97 Å². The predicted octanol–water partition coefficient (Wildman–Crippen LogP) is 3.51. The zero-order valence-corrected chi connectivity index (χ0v) is 17.2. The molecule has 8 nitrogen and oxygen atoms in total. The number of anilines is 1. The van der Waals surface area contributed by atoms with Gasteiger partial charge in [0.25, 0.3) is 5.91 Å². The number of nitrogens with zero attached hydrogens (tertiary/aromatic N) is 1. The van der Waals surface area contributed by atoms with Gasteiger partial charge in [0, 0.05) is 24.6 Å². The lowest BCUT2D eigenvalue weighted by Crippen LogP contribution is -2.17. The van der Waals surface area contributed by atoms with Gasteiger partial charge in [-0.3, -0.25) is 14.4 Å². The molecule has 0 saturated carbocycles. The number of benzene rings is 2. The van der Waals surface area contributed by atoms with E-state index in [-0.39, 0.29) is 5.91 Å². The number of carbonyl (C=O) groups excluding carboxylic acids is 3. The van der Waals surface area contributed by atoms with Gasteiger partial charge < -0.3 is 14.8 Å². The Labute approximate surface area is 175 Å². The summed E-state index contributed by atoms with van der Waals surface area (Å²) in [6.07, 6.45) is 3.71. The number of carbonyl (C=O) groups is 3. The maximum atomic E-state index is 12.2. The monoisotopic (exact) mass is 411 g/mol. The number of methoxy groups -OCH3 is 1. The molecule has 0 heterocycles. The summed E-state index contributed by atoms with van der Waals surface area (Å²) in [5.41, 5.74) is 4.12. The van der Waals surface area contributed by atoms with Gasteiger partial charge in [-0.25, -0.2) is 5.43 Å². The first-order chi connectivity index (χ1) is 14.4. The van der Waals surface area contributed by atoms with Crippen LogP contribution in [0.25, 0.3) is 0 Å². The molecule has 2 aromatic rings. The number of hydrogen-bond donors (Lipinski definition) is 2. The van der Waals surface area contributed by atoms with Crippen molar-refractivity contribution >= 4 is 29.7 Å². The maximum absolute atomic E-state index is 12.2. The van der Waals surface area contributed by atoms with Crippen molar-refractivity contribution in [2.45, 2.75) is 33.1 Å². The number of esters is 1. The van der Waals surface area contributed by atoms with E-state index in [0.29, 0.717) is 34.7 Å². The normalized spacial score (nSPS) is 10.5. The van der Waals surface area contributed by atoms with Crippen LogP contribution in [0.1, 0.15) is 49.0 Å². The topological polar surface area (TPSA) is 106 Å². The fraction of sp³-hybridized carbons (Fsp3) is 0.273. The third-order valence-corrected chi connectivity index (χ3v) is 4.01. The molecule has 0 aliphatic carbocycles. The largest absolute Gasteiger partial charge is 0.493 e. The van der Waals surface area contributed by atoms with E-state index in [1.807, 2.05) is 6.92 Å². The number of rotatable bonds is 9. The molecule has 0 aliphatic rings. The Kier molecular flexibility index (Phi) is 8.56. The molecular formula is C22H25N3O5. The molecule has 30 heavy (non-hydrogen) atoms. The van der Waals surface area contributed by atoms with Gasteiger partial charge in [0.15, 0.2) is 11.5 Å². The first-order valence-corrected chi connectivity index (χ1v) is 9.52. The molecule has 0 spiro atoms. The van der Waals surface area contributed by atoms with Crippen LogP contribution in [0.15, 0.2) is 47.6 Å². The molecule has 2 rings (SSSR count). The van der Waals surface area contributed by atoms with E-state index in [1.165, 1.54) is 20.2 Å². The van der Waals surface area contributed by atoms with Gasteiger partial charge in [-0.2, -0.15) is 5.10 Å². The third kappa shape index (κ3) is 7.05. The van der Waals surface area contributed by atoms with Crippen molar-refractivity contribution in [3.8, 4) is 11.5 Å². The van der Waals surface area contributed by atoms with Gasteiger partial charge in [-0.1, -0.05) is 13.3 Å². The Bertz CT molecular complexity index is 923. The van der Waals surface area contributed by atoms with Gasteiger partial charge in [0.2, 0.25) is 5.91 Å². The molecule has 0 aliphatic heterocycles. The highest BCUT2D eigenvalue weighted by molar-refractivity contribution is 5.96. The summed E-state index contributed by atoms with van der Waals surface area (Å²) in [6.45, 7) is 3.33. The van der Waals surface area contributed by atoms with E-state index in [9.17, 15) is 14.4 Å². The second-order valence-corrected chi connectivity index (χ2v) is 6.43. The molecule has 2 aromatic carbocycles. The smallest absolute Gasteiger partial charge is 0.308 e. The highest BCUT2D eigenvalue weighted by Crippen LogP contribution is 2.27. The summed E-state index contributed by atoms with van der Waals surface area (Å²) in [7, 11) is 1.46. The standard InChI is InChI=1S/C22H25N3O5/c1-4-5-6-21(27)24-18-10-8-17(9-11-18)22(28)25-23-14-16-7-12-19(30-15(2)26)20(13-16)29-3/h7-14H,4-6H2,1-3H3,(H,24,27)(H,25,28). The highest BCUT2D eigenvalue weighted by Gasteiger charge is 2.08. The molecule has 0 bridgehead atoms. The molecule has 0 unspecified atom stereocenters. The zero-order chi connectivity index (χ0) is 21.9. The van der Waals surface area contributed by atoms with Gasteiger partial charge in [0.05, 0.1) is 13.3 Å². The third-order valence-electron chi connectivity index (χ3n) is 4.01. The van der Waals surface area contributed by atoms with Crippen LogP contribution in [0, 0.1) is 0 Å². The molecule has 158 valence electrons. The minimum absolute atomic E-state index is 0.0474.